The third-order valence-corrected chi connectivity index (χ3v) is 6.06. The number of fused-ring (bicyclic) bond motifs is 2. The van der Waals surface area contributed by atoms with E-state index in [0.29, 0.717) is 24.2 Å². The van der Waals surface area contributed by atoms with Gasteiger partial charge in [0.15, 0.2) is 0 Å². The average molecular weight is 448 g/mol. The topological polar surface area (TPSA) is 86.4 Å². The van der Waals surface area contributed by atoms with Crippen molar-refractivity contribution in [3.63, 3.8) is 0 Å². The molecule has 1 atom stereocenters. The molecule has 0 bridgehead atoms. The predicted molar refractivity (Wildman–Crippen MR) is 129 cm³/mol. The zero-order chi connectivity index (χ0) is 23.7. The van der Waals surface area contributed by atoms with Gasteiger partial charge in [-0.2, -0.15) is 0 Å². The number of methoxy groups -OCH3 is 1. The SMILES string of the molecule is COc1cc2oc(=O)cc(C)c2cc1CCC(=O)N[C@@H](c1nc2ccccc2n1C)C(C)C. The van der Waals surface area contributed by atoms with Gasteiger partial charge in [0.1, 0.15) is 17.2 Å². The monoisotopic (exact) mass is 447 g/mol. The van der Waals surface area contributed by atoms with Crippen molar-refractivity contribution in [1.82, 2.24) is 14.9 Å². The van der Waals surface area contributed by atoms with Crippen LogP contribution in [0.2, 0.25) is 0 Å². The van der Waals surface area contributed by atoms with Crippen LogP contribution in [-0.2, 0) is 18.3 Å². The van der Waals surface area contributed by atoms with Gasteiger partial charge >= 0.3 is 5.63 Å². The number of carbonyl (C=O) groups is 1. The summed E-state index contributed by atoms with van der Waals surface area (Å²) in [6.07, 6.45) is 0.793. The van der Waals surface area contributed by atoms with Crippen LogP contribution in [-0.4, -0.2) is 22.6 Å². The summed E-state index contributed by atoms with van der Waals surface area (Å²) in [5.41, 5.74) is 3.76. The number of nitrogens with one attached hydrogen (secondary N) is 1. The van der Waals surface area contributed by atoms with Gasteiger partial charge in [0.2, 0.25) is 5.91 Å². The Hall–Kier alpha value is -3.61. The van der Waals surface area contributed by atoms with Crippen LogP contribution < -0.4 is 15.7 Å². The van der Waals surface area contributed by atoms with Crippen molar-refractivity contribution in [1.29, 1.82) is 0 Å². The van der Waals surface area contributed by atoms with E-state index < -0.39 is 5.63 Å². The minimum atomic E-state index is -0.393. The molecule has 33 heavy (non-hydrogen) atoms. The maximum absolute atomic E-state index is 13.0. The van der Waals surface area contributed by atoms with E-state index >= 15 is 0 Å². The second kappa shape index (κ2) is 9.10. The van der Waals surface area contributed by atoms with Crippen molar-refractivity contribution in [2.75, 3.05) is 7.11 Å². The van der Waals surface area contributed by atoms with Crippen LogP contribution in [0.15, 0.2) is 51.7 Å². The van der Waals surface area contributed by atoms with Crippen LogP contribution >= 0.6 is 0 Å². The molecule has 0 saturated heterocycles. The molecule has 0 fully saturated rings. The Bertz CT molecular complexity index is 1380. The number of aryl methyl sites for hydroxylation is 3. The molecule has 0 unspecified atom stereocenters. The number of aromatic nitrogens is 2. The molecule has 4 rings (SSSR count). The van der Waals surface area contributed by atoms with Crippen molar-refractivity contribution >= 4 is 27.9 Å². The minimum Gasteiger partial charge on any atom is -0.496 e. The Morgan fingerprint density at radius 2 is 1.97 bits per heavy atom. The highest BCUT2D eigenvalue weighted by Crippen LogP contribution is 2.29. The van der Waals surface area contributed by atoms with E-state index in [4.69, 9.17) is 14.1 Å². The Labute approximate surface area is 192 Å². The molecule has 0 aliphatic rings. The fourth-order valence-corrected chi connectivity index (χ4v) is 4.24. The Morgan fingerprint density at radius 1 is 1.21 bits per heavy atom. The van der Waals surface area contributed by atoms with Gasteiger partial charge < -0.3 is 19.0 Å². The molecular weight excluding hydrogens is 418 g/mol. The van der Waals surface area contributed by atoms with Crippen LogP contribution in [0, 0.1) is 12.8 Å². The number of para-hydroxylation sites is 2. The normalized spacial score (nSPS) is 12.4. The van der Waals surface area contributed by atoms with Crippen LogP contribution in [0.4, 0.5) is 0 Å². The van der Waals surface area contributed by atoms with E-state index in [0.717, 1.165) is 33.4 Å². The second-order valence-electron chi connectivity index (χ2n) is 8.72. The number of rotatable bonds is 7. The van der Waals surface area contributed by atoms with Crippen LogP contribution in [0.25, 0.3) is 22.0 Å². The first-order chi connectivity index (χ1) is 15.8. The molecule has 4 aromatic rings. The Morgan fingerprint density at radius 3 is 2.67 bits per heavy atom. The van der Waals surface area contributed by atoms with E-state index in [9.17, 15) is 9.59 Å². The first kappa shape index (κ1) is 22.6. The highest BCUT2D eigenvalue weighted by molar-refractivity contribution is 5.83. The smallest absolute Gasteiger partial charge is 0.336 e. The lowest BCUT2D eigenvalue weighted by atomic mass is 10.0. The van der Waals surface area contributed by atoms with E-state index in [1.54, 1.807) is 13.2 Å². The van der Waals surface area contributed by atoms with E-state index in [1.165, 1.54) is 6.07 Å². The molecule has 7 heteroatoms. The third-order valence-electron chi connectivity index (χ3n) is 6.06. The summed E-state index contributed by atoms with van der Waals surface area (Å²) in [6, 6.07) is 12.9. The molecule has 1 N–H and O–H groups in total. The summed E-state index contributed by atoms with van der Waals surface area (Å²) < 4.78 is 12.8. The summed E-state index contributed by atoms with van der Waals surface area (Å²) in [7, 11) is 3.55. The molecule has 0 spiro atoms. The number of nitrogens with zero attached hydrogens (tertiary/aromatic N) is 2. The van der Waals surface area contributed by atoms with Crippen molar-refractivity contribution in [2.24, 2.45) is 13.0 Å². The van der Waals surface area contributed by atoms with E-state index in [1.807, 2.05) is 48.9 Å². The molecule has 0 aliphatic heterocycles. The molecule has 0 radical (unpaired) electrons. The Kier molecular flexibility index (Phi) is 6.22. The van der Waals surface area contributed by atoms with Gasteiger partial charge in [0.05, 0.1) is 24.2 Å². The number of benzene rings is 2. The fourth-order valence-electron chi connectivity index (χ4n) is 4.24. The average Bonchev–Trinajstić information content (AvgIpc) is 3.11. The molecule has 172 valence electrons. The van der Waals surface area contributed by atoms with Crippen molar-refractivity contribution in [3.05, 3.63) is 69.8 Å². The molecule has 1 amide bonds. The second-order valence-corrected chi connectivity index (χ2v) is 8.72. The minimum absolute atomic E-state index is 0.0563. The zero-order valence-corrected chi connectivity index (χ0v) is 19.6. The third kappa shape index (κ3) is 4.49. The first-order valence-corrected chi connectivity index (χ1v) is 11.1. The molecule has 2 heterocycles. The summed E-state index contributed by atoms with van der Waals surface area (Å²) in [6.45, 7) is 6.02. The van der Waals surface area contributed by atoms with Crippen LogP contribution in [0.5, 0.6) is 5.75 Å². The quantitative estimate of drug-likeness (QED) is 0.423. The summed E-state index contributed by atoms with van der Waals surface area (Å²) >= 11 is 0. The molecule has 0 saturated carbocycles. The number of hydrogen-bond acceptors (Lipinski definition) is 5. The number of amides is 1. The standard InChI is InChI=1S/C26H29N3O4/c1-15(2)25(26-27-19-8-6-7-9-20(19)29(26)4)28-23(30)11-10-17-13-18-16(3)12-24(31)33-22(18)14-21(17)32-5/h6-9,12-15,25H,10-11H2,1-5H3,(H,28,30)/t25-/m1/s1. The molecule has 7 nitrogen and oxygen atoms in total. The number of carbonyl (C=O) groups excluding carboxylic acids is 1. The molecular formula is C26H29N3O4. The van der Waals surface area contributed by atoms with Gasteiger partial charge in [-0.3, -0.25) is 4.79 Å². The van der Waals surface area contributed by atoms with Crippen molar-refractivity contribution < 1.29 is 13.9 Å². The van der Waals surface area contributed by atoms with Crippen LogP contribution in [0.1, 0.15) is 43.3 Å². The highest BCUT2D eigenvalue weighted by Gasteiger charge is 2.24. The fraction of sp³-hybridized carbons (Fsp3) is 0.346. The number of ether oxygens (including phenoxy) is 1. The number of imidazole rings is 1. The highest BCUT2D eigenvalue weighted by atomic mass is 16.5. The van der Waals surface area contributed by atoms with Gasteiger partial charge in [-0.15, -0.1) is 0 Å². The maximum atomic E-state index is 13.0. The molecule has 2 aromatic heterocycles. The van der Waals surface area contributed by atoms with E-state index in [-0.39, 0.29) is 17.9 Å². The predicted octanol–water partition coefficient (Wildman–Crippen LogP) is 4.44. The van der Waals surface area contributed by atoms with Crippen LogP contribution in [0.3, 0.4) is 0 Å². The summed E-state index contributed by atoms with van der Waals surface area (Å²) in [5, 5.41) is 4.01. The number of hydrogen-bond donors (Lipinski definition) is 1. The lowest BCUT2D eigenvalue weighted by Gasteiger charge is -2.22. The zero-order valence-electron chi connectivity index (χ0n) is 19.6. The van der Waals surface area contributed by atoms with Gasteiger partial charge in [0, 0.05) is 31.0 Å². The molecule has 0 aliphatic carbocycles. The summed E-state index contributed by atoms with van der Waals surface area (Å²) in [5.74, 6) is 1.55. The van der Waals surface area contributed by atoms with Crippen molar-refractivity contribution in [2.45, 2.75) is 39.7 Å². The van der Waals surface area contributed by atoms with Gasteiger partial charge in [-0.25, -0.2) is 9.78 Å². The van der Waals surface area contributed by atoms with E-state index in [2.05, 4.69) is 19.2 Å². The summed E-state index contributed by atoms with van der Waals surface area (Å²) in [4.78, 5) is 29.4. The first-order valence-electron chi connectivity index (χ1n) is 11.1. The Balaban J connectivity index is 1.55. The van der Waals surface area contributed by atoms with Gasteiger partial charge in [0.25, 0.3) is 0 Å². The van der Waals surface area contributed by atoms with Gasteiger partial charge in [-0.1, -0.05) is 26.0 Å². The molecule has 2 aromatic carbocycles. The maximum Gasteiger partial charge on any atom is 0.336 e. The lowest BCUT2D eigenvalue weighted by Crippen LogP contribution is -2.33. The largest absolute Gasteiger partial charge is 0.496 e. The lowest BCUT2D eigenvalue weighted by molar-refractivity contribution is -0.122. The van der Waals surface area contributed by atoms with Crippen molar-refractivity contribution in [3.8, 4) is 5.75 Å². The van der Waals surface area contributed by atoms with Gasteiger partial charge in [-0.05, 0) is 48.6 Å².